The van der Waals surface area contributed by atoms with E-state index in [9.17, 15) is 0 Å². The minimum atomic E-state index is 0.642. The van der Waals surface area contributed by atoms with Gasteiger partial charge in [-0.15, -0.1) is 0 Å². The van der Waals surface area contributed by atoms with Crippen LogP contribution in [0.1, 0.15) is 20.8 Å². The Morgan fingerprint density at radius 2 is 2.17 bits per heavy atom. The van der Waals surface area contributed by atoms with Crippen LogP contribution >= 0.6 is 0 Å². The molecule has 0 aromatic heterocycles. The molecule has 1 rings (SSSR count). The lowest BCUT2D eigenvalue weighted by molar-refractivity contribution is 0.866. The molecule has 68 valence electrons. The van der Waals surface area contributed by atoms with Crippen LogP contribution in [0.4, 0.5) is 0 Å². The summed E-state index contributed by atoms with van der Waals surface area (Å²) in [6.45, 7) is 6.63. The smallest absolute Gasteiger partial charge is 0.107 e. The zero-order valence-corrected chi connectivity index (χ0v) is 7.96. The normalized spacial score (nSPS) is 24.8. The van der Waals surface area contributed by atoms with Crippen molar-refractivity contribution in [3.63, 3.8) is 0 Å². The highest BCUT2D eigenvalue weighted by Crippen LogP contribution is 1.84. The predicted octanol–water partition coefficient (Wildman–Crippen LogP) is 1.61. The van der Waals surface area contributed by atoms with Gasteiger partial charge in [0.05, 0.1) is 0 Å². The highest BCUT2D eigenvalue weighted by molar-refractivity contribution is 5.70. The average molecular weight is 167 g/mol. The van der Waals surface area contributed by atoms with Crippen molar-refractivity contribution in [2.24, 2.45) is 4.99 Å². The van der Waals surface area contributed by atoms with Crippen LogP contribution in [0.3, 0.4) is 0 Å². The Morgan fingerprint density at radius 3 is 2.92 bits per heavy atom. The van der Waals surface area contributed by atoms with Gasteiger partial charge in [0.15, 0.2) is 0 Å². The Morgan fingerprint density at radius 1 is 1.42 bits per heavy atom. The highest BCUT2D eigenvalue weighted by Gasteiger charge is 1.82. The molecule has 0 aromatic rings. The highest BCUT2D eigenvalue weighted by atomic mass is 15.0. The average Bonchev–Trinajstić information content (AvgIpc) is 2.22. The van der Waals surface area contributed by atoms with Crippen molar-refractivity contribution in [2.45, 2.75) is 20.8 Å². The fourth-order valence-electron chi connectivity index (χ4n) is 0.629. The van der Waals surface area contributed by atoms with Crippen molar-refractivity contribution in [3.8, 4) is 0 Å². The van der Waals surface area contributed by atoms with E-state index in [0.717, 1.165) is 5.70 Å². The molecule has 3 heteroatoms. The molecule has 0 amide bonds. The number of nitrogens with one attached hydrogen (secondary N) is 2. The number of aliphatic imine (C=N–C) groups is 1. The molecule has 0 aromatic carbocycles. The van der Waals surface area contributed by atoms with Gasteiger partial charge in [-0.25, -0.2) is 0 Å². The second kappa shape index (κ2) is 7.85. The molecule has 1 aliphatic heterocycles. The van der Waals surface area contributed by atoms with E-state index in [1.807, 2.05) is 39.2 Å². The third kappa shape index (κ3) is 5.53. The lowest BCUT2D eigenvalue weighted by Gasteiger charge is -1.98. The zero-order valence-electron chi connectivity index (χ0n) is 7.96. The van der Waals surface area contributed by atoms with Gasteiger partial charge in [-0.3, -0.25) is 4.99 Å². The molecule has 0 fully saturated rings. The molecule has 0 spiro atoms. The zero-order chi connectivity index (χ0) is 9.23. The molecule has 0 aliphatic carbocycles. The van der Waals surface area contributed by atoms with Crippen LogP contribution in [0.2, 0.25) is 0 Å². The number of hydrogen-bond donors (Lipinski definition) is 2. The Kier molecular flexibility index (Phi) is 7.03. The molecule has 2 N–H and O–H groups in total. The van der Waals surface area contributed by atoms with Gasteiger partial charge in [0.1, 0.15) is 6.67 Å². The predicted molar refractivity (Wildman–Crippen MR) is 53.9 cm³/mol. The molecule has 0 atom stereocenters. The summed E-state index contributed by atoms with van der Waals surface area (Å²) in [6.07, 6.45) is 7.37. The van der Waals surface area contributed by atoms with Crippen molar-refractivity contribution in [1.29, 1.82) is 0 Å². The third-order valence-electron chi connectivity index (χ3n) is 1.10. The summed E-state index contributed by atoms with van der Waals surface area (Å²) in [7, 11) is 0. The maximum absolute atomic E-state index is 4.02. The summed E-state index contributed by atoms with van der Waals surface area (Å²) in [5.41, 5.74) is 1.08. The van der Waals surface area contributed by atoms with E-state index in [-0.39, 0.29) is 0 Å². The number of nitrogens with zero attached hydrogens (tertiary/aromatic N) is 1. The van der Waals surface area contributed by atoms with Crippen LogP contribution in [0, 0.1) is 0 Å². The third-order valence-corrected chi connectivity index (χ3v) is 1.10. The first-order valence-corrected chi connectivity index (χ1v) is 4.21. The Hall–Kier alpha value is -1.25. The summed E-state index contributed by atoms with van der Waals surface area (Å²) in [6, 6.07) is 0. The van der Waals surface area contributed by atoms with Gasteiger partial charge < -0.3 is 10.6 Å². The second-order valence-corrected chi connectivity index (χ2v) is 2.02. The first-order chi connectivity index (χ1) is 5.89. The van der Waals surface area contributed by atoms with E-state index in [4.69, 9.17) is 0 Å². The molecule has 0 bridgehead atoms. The monoisotopic (exact) mass is 167 g/mol. The fourth-order valence-corrected chi connectivity index (χ4v) is 0.629. The molecular formula is C9H17N3. The van der Waals surface area contributed by atoms with E-state index < -0.39 is 0 Å². The van der Waals surface area contributed by atoms with Crippen LogP contribution in [-0.2, 0) is 0 Å². The van der Waals surface area contributed by atoms with Crippen LogP contribution in [-0.4, -0.2) is 12.9 Å². The van der Waals surface area contributed by atoms with Crippen molar-refractivity contribution in [1.82, 2.24) is 10.6 Å². The molecular weight excluding hydrogens is 150 g/mol. The first kappa shape index (κ1) is 10.8. The van der Waals surface area contributed by atoms with Gasteiger partial charge in [0.25, 0.3) is 0 Å². The van der Waals surface area contributed by atoms with E-state index >= 15 is 0 Å². The van der Waals surface area contributed by atoms with E-state index in [0.29, 0.717) is 6.67 Å². The van der Waals surface area contributed by atoms with Gasteiger partial charge in [0, 0.05) is 24.3 Å². The lowest BCUT2D eigenvalue weighted by atomic mass is 10.5. The van der Waals surface area contributed by atoms with Gasteiger partial charge in [-0.05, 0) is 13.0 Å². The number of rotatable bonds is 0. The van der Waals surface area contributed by atoms with Gasteiger partial charge in [-0.1, -0.05) is 13.8 Å². The van der Waals surface area contributed by atoms with Gasteiger partial charge in [0.2, 0.25) is 0 Å². The van der Waals surface area contributed by atoms with Crippen molar-refractivity contribution in [2.75, 3.05) is 6.67 Å². The Labute approximate surface area is 74.3 Å². The molecule has 1 aliphatic rings. The molecule has 1 heterocycles. The standard InChI is InChI=1S/C7H11N3.C2H6/c1-7-5-9-6-8-3-2-4-10-7;1-2/h2-5,9-10H,6H2,1H3;1-2H3/b4-2-,7-5-,8-3-;. The summed E-state index contributed by atoms with van der Waals surface area (Å²) >= 11 is 0. The van der Waals surface area contributed by atoms with Gasteiger partial charge >= 0.3 is 0 Å². The summed E-state index contributed by atoms with van der Waals surface area (Å²) in [5, 5.41) is 6.07. The molecule has 12 heavy (non-hydrogen) atoms. The summed E-state index contributed by atoms with van der Waals surface area (Å²) in [4.78, 5) is 4.02. The van der Waals surface area contributed by atoms with E-state index in [1.54, 1.807) is 6.21 Å². The Balaban J connectivity index is 0.000000561. The molecule has 0 radical (unpaired) electrons. The molecule has 0 saturated carbocycles. The number of allylic oxidation sites excluding steroid dienone is 2. The van der Waals surface area contributed by atoms with Crippen LogP contribution in [0.15, 0.2) is 29.2 Å². The SMILES string of the molecule is C/C1=C/NC/N=C\C=C/N1.CC. The largest absolute Gasteiger partial charge is 0.371 e. The summed E-state index contributed by atoms with van der Waals surface area (Å²) < 4.78 is 0. The minimum absolute atomic E-state index is 0.642. The lowest BCUT2D eigenvalue weighted by Crippen LogP contribution is -2.09. The van der Waals surface area contributed by atoms with E-state index in [2.05, 4.69) is 15.6 Å². The second-order valence-electron chi connectivity index (χ2n) is 2.02. The topological polar surface area (TPSA) is 36.4 Å². The van der Waals surface area contributed by atoms with Gasteiger partial charge in [-0.2, -0.15) is 0 Å². The van der Waals surface area contributed by atoms with E-state index in [1.165, 1.54) is 0 Å². The Bertz CT molecular complexity index is 180. The quantitative estimate of drug-likeness (QED) is 0.575. The molecule has 0 unspecified atom stereocenters. The van der Waals surface area contributed by atoms with Crippen LogP contribution in [0.5, 0.6) is 0 Å². The maximum atomic E-state index is 4.02. The number of hydrogen-bond acceptors (Lipinski definition) is 3. The van der Waals surface area contributed by atoms with Crippen molar-refractivity contribution < 1.29 is 0 Å². The fraction of sp³-hybridized carbons (Fsp3) is 0.444. The maximum Gasteiger partial charge on any atom is 0.107 e. The first-order valence-electron chi connectivity index (χ1n) is 4.21. The summed E-state index contributed by atoms with van der Waals surface area (Å²) in [5.74, 6) is 0. The minimum Gasteiger partial charge on any atom is -0.371 e. The van der Waals surface area contributed by atoms with Crippen LogP contribution < -0.4 is 10.6 Å². The van der Waals surface area contributed by atoms with Crippen molar-refractivity contribution in [3.05, 3.63) is 24.2 Å². The molecule has 3 nitrogen and oxygen atoms in total. The van der Waals surface area contributed by atoms with Crippen molar-refractivity contribution >= 4 is 6.21 Å². The molecule has 0 saturated heterocycles. The van der Waals surface area contributed by atoms with Crippen LogP contribution in [0.25, 0.3) is 0 Å².